The van der Waals surface area contributed by atoms with Crippen molar-refractivity contribution in [2.24, 2.45) is 0 Å². The van der Waals surface area contributed by atoms with Crippen molar-refractivity contribution in [3.8, 4) is 5.75 Å². The van der Waals surface area contributed by atoms with Gasteiger partial charge in [-0.2, -0.15) is 0 Å². The zero-order valence-corrected chi connectivity index (χ0v) is 22.3. The van der Waals surface area contributed by atoms with Gasteiger partial charge >= 0.3 is 0 Å². The van der Waals surface area contributed by atoms with E-state index in [1.54, 1.807) is 59.6 Å². The Bertz CT molecular complexity index is 1600. The first-order valence-electron chi connectivity index (χ1n) is 12.2. The van der Waals surface area contributed by atoms with Gasteiger partial charge in [0.15, 0.2) is 0 Å². The molecule has 0 bridgehead atoms. The molecule has 1 fully saturated rings. The van der Waals surface area contributed by atoms with Crippen molar-refractivity contribution in [3.05, 3.63) is 94.6 Å². The molecule has 0 unspecified atom stereocenters. The minimum atomic E-state index is -3.87. The highest BCUT2D eigenvalue weighted by Gasteiger charge is 2.24. The maximum atomic E-state index is 13.1. The molecule has 1 aromatic heterocycles. The number of anilines is 1. The molecule has 0 atom stereocenters. The van der Waals surface area contributed by atoms with Crippen LogP contribution in [0.4, 0.5) is 5.69 Å². The third-order valence-corrected chi connectivity index (χ3v) is 8.50. The van der Waals surface area contributed by atoms with Gasteiger partial charge in [0.05, 0.1) is 5.52 Å². The molecule has 8 nitrogen and oxygen atoms in total. The number of pyridine rings is 1. The smallest absolute Gasteiger partial charge is 0.264 e. The molecule has 0 radical (unpaired) electrons. The van der Waals surface area contributed by atoms with Gasteiger partial charge in [0.1, 0.15) is 10.6 Å². The summed E-state index contributed by atoms with van der Waals surface area (Å²) in [4.78, 5) is 21.3. The van der Waals surface area contributed by atoms with Crippen LogP contribution in [-0.2, 0) is 16.6 Å². The molecule has 1 saturated heterocycles. The molecule has 0 saturated carbocycles. The lowest BCUT2D eigenvalue weighted by Crippen LogP contribution is -2.48. The fraction of sp³-hybridized carbons (Fsp3) is 0.214. The number of para-hydroxylation sites is 1. The summed E-state index contributed by atoms with van der Waals surface area (Å²) in [6, 6.07) is 18.5. The zero-order chi connectivity index (χ0) is 26.9. The molecule has 1 amide bonds. The number of hydrogen-bond donors (Lipinski definition) is 2. The van der Waals surface area contributed by atoms with E-state index >= 15 is 0 Å². The molecule has 1 aliphatic rings. The summed E-state index contributed by atoms with van der Waals surface area (Å²) in [7, 11) is -3.87. The van der Waals surface area contributed by atoms with Crippen molar-refractivity contribution < 1.29 is 18.3 Å². The van der Waals surface area contributed by atoms with Crippen molar-refractivity contribution >= 4 is 44.1 Å². The van der Waals surface area contributed by atoms with Crippen molar-refractivity contribution in [2.45, 2.75) is 18.4 Å². The number of rotatable bonds is 6. The molecule has 3 aromatic carbocycles. The number of piperazine rings is 1. The zero-order valence-electron chi connectivity index (χ0n) is 20.8. The molecular formula is C28H27ClN4O4S. The number of carbonyl (C=O) groups is 1. The van der Waals surface area contributed by atoms with Crippen LogP contribution >= 0.6 is 11.6 Å². The Morgan fingerprint density at radius 2 is 1.74 bits per heavy atom. The highest BCUT2D eigenvalue weighted by Crippen LogP contribution is 2.27. The van der Waals surface area contributed by atoms with Gasteiger partial charge < -0.3 is 10.0 Å². The van der Waals surface area contributed by atoms with Gasteiger partial charge in [0, 0.05) is 66.1 Å². The average Bonchev–Trinajstić information content (AvgIpc) is 2.91. The van der Waals surface area contributed by atoms with Gasteiger partial charge in [0.2, 0.25) is 0 Å². The number of aryl methyl sites for hydroxylation is 1. The maximum Gasteiger partial charge on any atom is 0.264 e. The first kappa shape index (κ1) is 26.0. The number of sulfonamides is 1. The number of hydrogen-bond acceptors (Lipinski definition) is 6. The number of carbonyl (C=O) groups excluding carboxylic acids is 1. The quantitative estimate of drug-likeness (QED) is 0.362. The lowest BCUT2D eigenvalue weighted by Gasteiger charge is -2.35. The number of fused-ring (bicyclic) bond motifs is 1. The number of phenols is 1. The van der Waals surface area contributed by atoms with E-state index in [4.69, 9.17) is 11.6 Å². The second kappa shape index (κ2) is 10.6. The van der Waals surface area contributed by atoms with Crippen molar-refractivity contribution in [1.29, 1.82) is 0 Å². The molecule has 2 N–H and O–H groups in total. The van der Waals surface area contributed by atoms with E-state index in [0.29, 0.717) is 54.5 Å². The van der Waals surface area contributed by atoms with E-state index in [-0.39, 0.29) is 16.6 Å². The Morgan fingerprint density at radius 1 is 1.03 bits per heavy atom. The molecule has 4 aromatic rings. The Kier molecular flexibility index (Phi) is 7.25. The lowest BCUT2D eigenvalue weighted by molar-refractivity contribution is 0.0627. The first-order valence-corrected chi connectivity index (χ1v) is 14.0. The summed E-state index contributed by atoms with van der Waals surface area (Å²) < 4.78 is 28.7. The van der Waals surface area contributed by atoms with Crippen LogP contribution in [-0.4, -0.2) is 60.4 Å². The molecule has 2 heterocycles. The Labute approximate surface area is 226 Å². The number of nitrogens with one attached hydrogen (secondary N) is 1. The molecular weight excluding hydrogens is 524 g/mol. The molecule has 5 rings (SSSR count). The predicted molar refractivity (Wildman–Crippen MR) is 148 cm³/mol. The van der Waals surface area contributed by atoms with Crippen LogP contribution in [0.1, 0.15) is 21.5 Å². The summed E-state index contributed by atoms with van der Waals surface area (Å²) in [6.07, 6.45) is 1.56. The minimum Gasteiger partial charge on any atom is -0.508 e. The monoisotopic (exact) mass is 550 g/mol. The second-order valence-electron chi connectivity index (χ2n) is 9.31. The normalized spacial score (nSPS) is 14.5. The highest BCUT2D eigenvalue weighted by atomic mass is 35.5. The fourth-order valence-electron chi connectivity index (χ4n) is 4.55. The van der Waals surface area contributed by atoms with Crippen LogP contribution in [0.2, 0.25) is 5.02 Å². The maximum absolute atomic E-state index is 13.1. The highest BCUT2D eigenvalue weighted by molar-refractivity contribution is 7.93. The van der Waals surface area contributed by atoms with E-state index < -0.39 is 10.0 Å². The summed E-state index contributed by atoms with van der Waals surface area (Å²) in [5.41, 5.74) is 2.83. The second-order valence-corrected chi connectivity index (χ2v) is 11.4. The van der Waals surface area contributed by atoms with Gasteiger partial charge in [-0.1, -0.05) is 29.8 Å². The fourth-order valence-corrected chi connectivity index (χ4v) is 5.98. The topological polar surface area (TPSA) is 103 Å². The van der Waals surface area contributed by atoms with Gasteiger partial charge in [-0.05, 0) is 61.0 Å². The van der Waals surface area contributed by atoms with Gasteiger partial charge in [-0.3, -0.25) is 19.4 Å². The molecule has 10 heteroatoms. The standard InChI is InChI=1S/C28H27ClN4O4S/c1-19-16-25(34)22(17-24(19)29)18-32-12-14-33(15-13-32)28(35)21-7-9-23(10-8-21)31-38(36,37)26-6-2-4-20-5-3-11-30-27(20)26/h2-11,16-17,31,34H,12-15,18H2,1H3. The number of halogens is 1. The van der Waals surface area contributed by atoms with Crippen LogP contribution in [0.5, 0.6) is 5.75 Å². The van der Waals surface area contributed by atoms with E-state index in [2.05, 4.69) is 14.6 Å². The lowest BCUT2D eigenvalue weighted by atomic mass is 10.1. The SMILES string of the molecule is Cc1cc(O)c(CN2CCN(C(=O)c3ccc(NS(=O)(=O)c4cccc5cccnc45)cc3)CC2)cc1Cl. The number of aromatic nitrogens is 1. The van der Waals surface area contributed by atoms with Gasteiger partial charge in [0.25, 0.3) is 15.9 Å². The summed E-state index contributed by atoms with van der Waals surface area (Å²) in [5.74, 6) is 0.108. The summed E-state index contributed by atoms with van der Waals surface area (Å²) in [5, 5.41) is 11.6. The molecule has 0 aliphatic carbocycles. The van der Waals surface area contributed by atoms with Crippen LogP contribution in [0.15, 0.2) is 77.8 Å². The Hall–Kier alpha value is -3.66. The van der Waals surface area contributed by atoms with Crippen LogP contribution in [0, 0.1) is 6.92 Å². The summed E-state index contributed by atoms with van der Waals surface area (Å²) >= 11 is 6.21. The van der Waals surface area contributed by atoms with Crippen LogP contribution in [0.25, 0.3) is 10.9 Å². The number of phenolic OH excluding ortho intramolecular Hbond substituents is 1. The number of aromatic hydroxyl groups is 1. The molecule has 0 spiro atoms. The van der Waals surface area contributed by atoms with E-state index in [9.17, 15) is 18.3 Å². The van der Waals surface area contributed by atoms with E-state index in [1.165, 1.54) is 6.07 Å². The van der Waals surface area contributed by atoms with Crippen molar-refractivity contribution in [3.63, 3.8) is 0 Å². The van der Waals surface area contributed by atoms with E-state index in [0.717, 1.165) is 16.5 Å². The molecule has 1 aliphatic heterocycles. The van der Waals surface area contributed by atoms with Gasteiger partial charge in [-0.25, -0.2) is 8.42 Å². The van der Waals surface area contributed by atoms with Crippen molar-refractivity contribution in [2.75, 3.05) is 30.9 Å². The van der Waals surface area contributed by atoms with Crippen molar-refractivity contribution in [1.82, 2.24) is 14.8 Å². The minimum absolute atomic E-state index is 0.0925. The third-order valence-electron chi connectivity index (χ3n) is 6.68. The Morgan fingerprint density at radius 3 is 2.47 bits per heavy atom. The molecule has 196 valence electrons. The number of amides is 1. The third kappa shape index (κ3) is 5.45. The van der Waals surface area contributed by atoms with Crippen LogP contribution in [0.3, 0.4) is 0 Å². The first-order chi connectivity index (χ1) is 18.2. The predicted octanol–water partition coefficient (Wildman–Crippen LogP) is 4.66. The summed E-state index contributed by atoms with van der Waals surface area (Å²) in [6.45, 7) is 4.81. The largest absolute Gasteiger partial charge is 0.508 e. The Balaban J connectivity index is 1.21. The number of benzene rings is 3. The van der Waals surface area contributed by atoms with Crippen LogP contribution < -0.4 is 4.72 Å². The van der Waals surface area contributed by atoms with Gasteiger partial charge in [-0.15, -0.1) is 0 Å². The van der Waals surface area contributed by atoms with E-state index in [1.807, 2.05) is 19.1 Å². The number of nitrogens with zero attached hydrogens (tertiary/aromatic N) is 3. The molecule has 38 heavy (non-hydrogen) atoms. The average molecular weight is 551 g/mol.